The van der Waals surface area contributed by atoms with Crippen molar-refractivity contribution >= 4 is 17.5 Å². The maximum Gasteiger partial charge on any atom is 0.322 e. The van der Waals surface area contributed by atoms with Crippen molar-refractivity contribution < 1.29 is 13.6 Å². The van der Waals surface area contributed by atoms with E-state index in [0.29, 0.717) is 43.4 Å². The first-order valence-electron chi connectivity index (χ1n) is 9.23. The molecule has 1 N–H and O–H groups in total. The summed E-state index contributed by atoms with van der Waals surface area (Å²) in [6, 6.07) is 12.2. The van der Waals surface area contributed by atoms with Crippen LogP contribution in [0.1, 0.15) is 0 Å². The molecule has 3 aromatic rings. The van der Waals surface area contributed by atoms with Crippen LogP contribution in [0.15, 0.2) is 60.9 Å². The number of anilines is 2. The van der Waals surface area contributed by atoms with E-state index in [1.165, 1.54) is 12.1 Å². The lowest BCUT2D eigenvalue weighted by Gasteiger charge is -2.35. The molecule has 1 aliphatic heterocycles. The zero-order chi connectivity index (χ0) is 20.2. The average Bonchev–Trinajstić information content (AvgIpc) is 2.75. The highest BCUT2D eigenvalue weighted by atomic mass is 19.1. The van der Waals surface area contributed by atoms with Crippen molar-refractivity contribution in [3.63, 3.8) is 0 Å². The molecule has 0 radical (unpaired) electrons. The molecule has 6 nitrogen and oxygen atoms in total. The first kappa shape index (κ1) is 18.8. The zero-order valence-electron chi connectivity index (χ0n) is 15.6. The maximum absolute atomic E-state index is 14.1. The second-order valence-corrected chi connectivity index (χ2v) is 6.65. The molecule has 8 heteroatoms. The molecule has 4 rings (SSSR count). The molecule has 0 unspecified atom stereocenters. The van der Waals surface area contributed by atoms with Crippen LogP contribution >= 0.6 is 0 Å². The van der Waals surface area contributed by atoms with Crippen LogP contribution < -0.4 is 10.2 Å². The molecular formula is C21H19F2N5O. The van der Waals surface area contributed by atoms with E-state index < -0.39 is 11.6 Å². The van der Waals surface area contributed by atoms with E-state index in [1.54, 1.807) is 41.6 Å². The number of hydrogen-bond donors (Lipinski definition) is 1. The van der Waals surface area contributed by atoms with Crippen molar-refractivity contribution in [1.82, 2.24) is 14.9 Å². The molecule has 1 aromatic carbocycles. The number of nitrogens with zero attached hydrogens (tertiary/aromatic N) is 4. The summed E-state index contributed by atoms with van der Waals surface area (Å²) in [5.41, 5.74) is 1.34. The highest BCUT2D eigenvalue weighted by Gasteiger charge is 2.22. The van der Waals surface area contributed by atoms with Gasteiger partial charge < -0.3 is 15.1 Å². The molecule has 148 valence electrons. The fourth-order valence-electron chi connectivity index (χ4n) is 3.22. The summed E-state index contributed by atoms with van der Waals surface area (Å²) in [5.74, 6) is -0.576. The summed E-state index contributed by atoms with van der Waals surface area (Å²) >= 11 is 0. The number of pyridine rings is 2. The number of benzene rings is 1. The minimum Gasteiger partial charge on any atom is -0.353 e. The number of carbonyl (C=O) groups excluding carboxylic acids is 1. The van der Waals surface area contributed by atoms with Gasteiger partial charge in [-0.1, -0.05) is 6.07 Å². The second-order valence-electron chi connectivity index (χ2n) is 6.65. The summed E-state index contributed by atoms with van der Waals surface area (Å²) in [4.78, 5) is 24.7. The minimum absolute atomic E-state index is 0.173. The third kappa shape index (κ3) is 4.31. The molecule has 29 heavy (non-hydrogen) atoms. The summed E-state index contributed by atoms with van der Waals surface area (Å²) < 4.78 is 27.2. The van der Waals surface area contributed by atoms with Crippen LogP contribution in [0.4, 0.5) is 25.1 Å². The van der Waals surface area contributed by atoms with Gasteiger partial charge in [0.15, 0.2) is 0 Å². The first-order chi connectivity index (χ1) is 14.1. The summed E-state index contributed by atoms with van der Waals surface area (Å²) in [7, 11) is 0. The Balaban J connectivity index is 1.42. The van der Waals surface area contributed by atoms with Gasteiger partial charge in [0.25, 0.3) is 0 Å². The highest BCUT2D eigenvalue weighted by molar-refractivity contribution is 5.89. The third-order valence-corrected chi connectivity index (χ3v) is 4.75. The predicted octanol–water partition coefficient (Wildman–Crippen LogP) is 3.78. The van der Waals surface area contributed by atoms with Gasteiger partial charge in [-0.05, 0) is 36.4 Å². The number of hydrogen-bond acceptors (Lipinski definition) is 4. The van der Waals surface area contributed by atoms with Crippen molar-refractivity contribution in [2.24, 2.45) is 0 Å². The van der Waals surface area contributed by atoms with Gasteiger partial charge in [-0.2, -0.15) is 0 Å². The molecule has 1 fully saturated rings. The van der Waals surface area contributed by atoms with Crippen LogP contribution in [0.25, 0.3) is 11.3 Å². The van der Waals surface area contributed by atoms with E-state index >= 15 is 0 Å². The lowest BCUT2D eigenvalue weighted by molar-refractivity contribution is 0.208. The summed E-state index contributed by atoms with van der Waals surface area (Å²) in [6.45, 7) is 2.26. The Hall–Kier alpha value is -3.55. The predicted molar refractivity (Wildman–Crippen MR) is 107 cm³/mol. The van der Waals surface area contributed by atoms with Crippen molar-refractivity contribution in [2.45, 2.75) is 0 Å². The van der Waals surface area contributed by atoms with E-state index in [-0.39, 0.29) is 11.6 Å². The second kappa shape index (κ2) is 8.22. The molecule has 0 aliphatic carbocycles. The maximum atomic E-state index is 14.1. The van der Waals surface area contributed by atoms with Gasteiger partial charge in [0.1, 0.15) is 17.5 Å². The Morgan fingerprint density at radius 3 is 2.55 bits per heavy atom. The normalized spacial score (nSPS) is 14.0. The van der Waals surface area contributed by atoms with Crippen molar-refractivity contribution in [1.29, 1.82) is 0 Å². The number of nitrogens with one attached hydrogen (secondary N) is 1. The van der Waals surface area contributed by atoms with Gasteiger partial charge >= 0.3 is 6.03 Å². The number of amides is 2. The Kier molecular flexibility index (Phi) is 5.33. The zero-order valence-corrected chi connectivity index (χ0v) is 15.6. The summed E-state index contributed by atoms with van der Waals surface area (Å²) in [5, 5.41) is 2.83. The number of carbonyl (C=O) groups is 1. The van der Waals surface area contributed by atoms with Gasteiger partial charge in [-0.3, -0.25) is 4.98 Å². The molecule has 1 aliphatic rings. The molecular weight excluding hydrogens is 376 g/mol. The van der Waals surface area contributed by atoms with Gasteiger partial charge in [-0.15, -0.1) is 0 Å². The molecule has 1 saturated heterocycles. The molecule has 0 spiro atoms. The lowest BCUT2D eigenvalue weighted by atomic mass is 10.1. The topological polar surface area (TPSA) is 61.4 Å². The van der Waals surface area contributed by atoms with Gasteiger partial charge in [0.05, 0.1) is 17.6 Å². The van der Waals surface area contributed by atoms with Crippen LogP contribution in [0.5, 0.6) is 0 Å². The molecule has 0 atom stereocenters. The van der Waals surface area contributed by atoms with E-state index in [9.17, 15) is 13.6 Å². The molecule has 0 saturated carbocycles. The molecule has 3 heterocycles. The van der Waals surface area contributed by atoms with E-state index in [1.807, 2.05) is 11.0 Å². The van der Waals surface area contributed by atoms with Crippen LogP contribution in [0, 0.1) is 11.6 Å². The quantitative estimate of drug-likeness (QED) is 0.733. The van der Waals surface area contributed by atoms with E-state index in [2.05, 4.69) is 15.3 Å². The number of urea groups is 1. The molecule has 2 amide bonds. The lowest BCUT2D eigenvalue weighted by Crippen LogP contribution is -2.50. The number of halogens is 2. The summed E-state index contributed by atoms with van der Waals surface area (Å²) in [6.07, 6.45) is 3.24. The highest BCUT2D eigenvalue weighted by Crippen LogP contribution is 2.24. The van der Waals surface area contributed by atoms with Crippen molar-refractivity contribution in [3.05, 3.63) is 72.6 Å². The van der Waals surface area contributed by atoms with Crippen LogP contribution in [0.2, 0.25) is 0 Å². The number of aromatic nitrogens is 2. The van der Waals surface area contributed by atoms with Gasteiger partial charge in [0.2, 0.25) is 0 Å². The number of rotatable bonds is 3. The Labute approximate surface area is 166 Å². The number of piperazine rings is 1. The molecule has 2 aromatic heterocycles. The van der Waals surface area contributed by atoms with Crippen molar-refractivity contribution in [2.75, 3.05) is 36.4 Å². The SMILES string of the molecule is O=C(Nc1cccnc1)N1CCN(c2cccc(-c3ccc(F)cc3F)n2)CC1. The smallest absolute Gasteiger partial charge is 0.322 e. The Morgan fingerprint density at radius 2 is 1.83 bits per heavy atom. The monoisotopic (exact) mass is 395 g/mol. The third-order valence-electron chi connectivity index (χ3n) is 4.75. The largest absolute Gasteiger partial charge is 0.353 e. The average molecular weight is 395 g/mol. The standard InChI is InChI=1S/C21H19F2N5O/c22-15-6-7-17(18(23)13-15)19-4-1-5-20(26-19)27-9-11-28(12-10-27)21(29)25-16-3-2-8-24-14-16/h1-8,13-14H,9-12H2,(H,25,29). The fourth-order valence-corrected chi connectivity index (χ4v) is 3.22. The van der Waals surface area contributed by atoms with Crippen LogP contribution in [-0.4, -0.2) is 47.1 Å². The fraction of sp³-hybridized carbons (Fsp3) is 0.190. The van der Waals surface area contributed by atoms with Crippen LogP contribution in [-0.2, 0) is 0 Å². The minimum atomic E-state index is -0.647. The Bertz CT molecular complexity index is 1010. The Morgan fingerprint density at radius 1 is 1.00 bits per heavy atom. The van der Waals surface area contributed by atoms with E-state index in [4.69, 9.17) is 0 Å². The molecule has 0 bridgehead atoms. The van der Waals surface area contributed by atoms with Crippen molar-refractivity contribution in [3.8, 4) is 11.3 Å². The van der Waals surface area contributed by atoms with Gasteiger partial charge in [0, 0.05) is 44.0 Å². The first-order valence-corrected chi connectivity index (χ1v) is 9.23. The van der Waals surface area contributed by atoms with E-state index in [0.717, 1.165) is 6.07 Å². The van der Waals surface area contributed by atoms with Crippen LogP contribution in [0.3, 0.4) is 0 Å². The van der Waals surface area contributed by atoms with Gasteiger partial charge in [-0.25, -0.2) is 18.6 Å².